The summed E-state index contributed by atoms with van der Waals surface area (Å²) < 4.78 is 129. The number of hydroxylamine groups is 2. The van der Waals surface area contributed by atoms with Gasteiger partial charge < -0.3 is 14.3 Å². The van der Waals surface area contributed by atoms with Crippen LogP contribution in [0, 0.1) is 23.3 Å². The number of imide groups is 1. The number of carbonyl (C=O) groups is 3. The van der Waals surface area contributed by atoms with E-state index >= 15 is 8.78 Å². The number of allylic oxidation sites excluding steroid dienone is 3. The predicted molar refractivity (Wildman–Crippen MR) is 202 cm³/mol. The van der Waals surface area contributed by atoms with E-state index in [4.69, 9.17) is 4.84 Å². The van der Waals surface area contributed by atoms with E-state index in [9.17, 15) is 49.1 Å². The molecule has 0 spiro atoms. The number of aryl methyl sites for hydroxylation is 1. The molecule has 1 fully saturated rings. The number of amides is 2. The zero-order valence-corrected chi connectivity index (χ0v) is 33.2. The first-order valence-electron chi connectivity index (χ1n) is 18.7. The van der Waals surface area contributed by atoms with Gasteiger partial charge in [-0.25, -0.2) is 30.8 Å². The smallest absolute Gasteiger partial charge is 0.333 e. The van der Waals surface area contributed by atoms with Gasteiger partial charge in [0.05, 0.1) is 26.9 Å². The Morgan fingerprint density at radius 2 is 1.59 bits per heavy atom. The number of aromatic nitrogens is 1. The number of anilines is 1. The van der Waals surface area contributed by atoms with Crippen LogP contribution in [0.1, 0.15) is 88.7 Å². The van der Waals surface area contributed by atoms with Crippen LogP contribution in [0.5, 0.6) is 0 Å². The lowest BCUT2D eigenvalue weighted by molar-refractivity contribution is -0.671. The molecule has 19 heteroatoms. The fourth-order valence-electron chi connectivity index (χ4n) is 7.44. The van der Waals surface area contributed by atoms with E-state index < -0.39 is 89.5 Å². The van der Waals surface area contributed by atoms with Gasteiger partial charge in [-0.2, -0.15) is 13.0 Å². The average molecular weight is 854 g/mol. The molecule has 0 aliphatic carbocycles. The normalized spacial score (nSPS) is 18.0. The minimum absolute atomic E-state index is 0.0185. The molecule has 5 rings (SSSR count). The van der Waals surface area contributed by atoms with Crippen molar-refractivity contribution in [1.29, 1.82) is 0 Å². The number of carbonyl (C=O) groups excluding carboxylic acids is 3. The fourth-order valence-corrected chi connectivity index (χ4v) is 8.56. The number of halogens is 4. The highest BCUT2D eigenvalue weighted by atomic mass is 32.2. The van der Waals surface area contributed by atoms with Gasteiger partial charge in [0.15, 0.2) is 29.5 Å². The van der Waals surface area contributed by atoms with Crippen molar-refractivity contribution in [2.45, 2.75) is 89.5 Å². The summed E-state index contributed by atoms with van der Waals surface area (Å²) in [4.78, 5) is 42.1. The lowest BCUT2D eigenvalue weighted by Gasteiger charge is -2.30. The topological polar surface area (TPSA) is 182 Å². The second kappa shape index (κ2) is 18.5. The quantitative estimate of drug-likeness (QED) is 0.0288. The number of benzene rings is 2. The summed E-state index contributed by atoms with van der Waals surface area (Å²) in [5.74, 6) is -10.4. The third-order valence-electron chi connectivity index (χ3n) is 10.2. The zero-order chi connectivity index (χ0) is 42.4. The molecule has 1 N–H and O–H groups in total. The van der Waals surface area contributed by atoms with Gasteiger partial charge in [-0.15, -0.1) is 5.06 Å². The molecule has 1 unspecified atom stereocenters. The summed E-state index contributed by atoms with van der Waals surface area (Å²) in [5, 5.41) is 1.22. The minimum atomic E-state index is -4.35. The van der Waals surface area contributed by atoms with Crippen LogP contribution >= 0.6 is 0 Å². The SMILES string of the molecule is CC1(CCCCCC(=O)ON2C(=O)CCC2=O)C(=CC=Cc2cccc3c2ccc[n+]3CCCCS(=O)(=O)[O-])N(CCCCS(=O)(=O)O)c2c(F)c(F)c(F)c(F)c21. The van der Waals surface area contributed by atoms with Crippen LogP contribution in [0.15, 0.2) is 54.4 Å². The Bertz CT molecular complexity index is 2360. The van der Waals surface area contributed by atoms with Crippen LogP contribution in [0.3, 0.4) is 0 Å². The monoisotopic (exact) mass is 853 g/mol. The lowest BCUT2D eigenvalue weighted by Crippen LogP contribution is -2.34. The minimum Gasteiger partial charge on any atom is -0.748 e. The van der Waals surface area contributed by atoms with Crippen molar-refractivity contribution in [3.63, 3.8) is 0 Å². The molecule has 2 aliphatic heterocycles. The number of hydrogen-bond acceptors (Lipinski definition) is 10. The van der Waals surface area contributed by atoms with Crippen LogP contribution in [0.2, 0.25) is 0 Å². The van der Waals surface area contributed by atoms with Gasteiger partial charge in [-0.05, 0) is 56.7 Å². The highest BCUT2D eigenvalue weighted by molar-refractivity contribution is 7.85. The summed E-state index contributed by atoms with van der Waals surface area (Å²) in [6, 6.07) is 9.10. The van der Waals surface area contributed by atoms with Crippen molar-refractivity contribution in [2.75, 3.05) is 23.0 Å². The summed E-state index contributed by atoms with van der Waals surface area (Å²) in [6.07, 6.45) is 7.74. The number of fused-ring (bicyclic) bond motifs is 2. The van der Waals surface area contributed by atoms with Gasteiger partial charge in [0.2, 0.25) is 5.52 Å². The van der Waals surface area contributed by atoms with E-state index in [0.29, 0.717) is 30.0 Å². The van der Waals surface area contributed by atoms with Gasteiger partial charge in [0.1, 0.15) is 6.54 Å². The largest absolute Gasteiger partial charge is 0.748 e. The molecule has 3 heterocycles. The Labute approximate surface area is 333 Å². The number of unbranched alkanes of at least 4 members (excludes halogenated alkanes) is 4. The summed E-state index contributed by atoms with van der Waals surface area (Å²) >= 11 is 0. The molecule has 58 heavy (non-hydrogen) atoms. The van der Waals surface area contributed by atoms with Crippen molar-refractivity contribution in [3.8, 4) is 0 Å². The molecule has 13 nitrogen and oxygen atoms in total. The lowest BCUT2D eigenvalue weighted by atomic mass is 9.76. The average Bonchev–Trinajstić information content (AvgIpc) is 3.60. The van der Waals surface area contributed by atoms with Gasteiger partial charge in [-0.3, -0.25) is 14.1 Å². The van der Waals surface area contributed by atoms with Crippen molar-refractivity contribution < 1.29 is 67.3 Å². The van der Waals surface area contributed by atoms with E-state index in [1.54, 1.807) is 37.3 Å². The number of pyridine rings is 1. The molecule has 314 valence electrons. The molecule has 0 radical (unpaired) electrons. The maximum atomic E-state index is 15.9. The molecule has 2 amide bonds. The van der Waals surface area contributed by atoms with Gasteiger partial charge in [0, 0.05) is 66.8 Å². The summed E-state index contributed by atoms with van der Waals surface area (Å²) in [5.41, 5.74) is -0.747. The number of rotatable bonds is 19. The van der Waals surface area contributed by atoms with E-state index in [0.717, 1.165) is 10.9 Å². The first-order valence-corrected chi connectivity index (χ1v) is 21.9. The zero-order valence-electron chi connectivity index (χ0n) is 31.6. The second-order valence-corrected chi connectivity index (χ2v) is 17.5. The first-order chi connectivity index (χ1) is 27.3. The van der Waals surface area contributed by atoms with Gasteiger partial charge in [-0.1, -0.05) is 37.1 Å². The number of nitrogens with zero attached hydrogens (tertiary/aromatic N) is 3. The van der Waals surface area contributed by atoms with Gasteiger partial charge >= 0.3 is 5.97 Å². The van der Waals surface area contributed by atoms with Crippen LogP contribution in [-0.2, 0) is 51.4 Å². The van der Waals surface area contributed by atoms with Crippen molar-refractivity contribution >= 4 is 60.7 Å². The molecule has 0 bridgehead atoms. The standard InChI is InChI=1S/C39H43F4N3O10S2/c1-39(20-4-2-3-17-32(49)56-46-30(47)18-19-31(46)48)29(45(23-6-8-25-58(53,54)55)38-33(39)34(40)35(41)36(42)37(38)43)16-10-13-26-12-9-15-28-27(26)14-11-22-44(28)21-5-7-24-57(50,51)52/h9-16,22H,2-8,17-21,23-25H2,1H3,(H-,50,51,52,53,54,55). The Morgan fingerprint density at radius 1 is 0.897 bits per heavy atom. The highest BCUT2D eigenvalue weighted by Gasteiger charge is 2.49. The van der Waals surface area contributed by atoms with Gasteiger partial charge in [0.25, 0.3) is 21.9 Å². The molecule has 2 aromatic carbocycles. The molecular formula is C39H43F4N3O10S2. The van der Waals surface area contributed by atoms with Crippen LogP contribution in [-0.4, -0.2) is 66.8 Å². The first kappa shape index (κ1) is 44.4. The third kappa shape index (κ3) is 10.5. The van der Waals surface area contributed by atoms with E-state index in [-0.39, 0.29) is 70.0 Å². The van der Waals surface area contributed by atoms with Crippen molar-refractivity contribution in [3.05, 3.63) is 88.8 Å². The molecule has 1 saturated heterocycles. The fraction of sp³-hybridized carbons (Fsp3) is 0.436. The maximum absolute atomic E-state index is 15.9. The predicted octanol–water partition coefficient (Wildman–Crippen LogP) is 5.91. The third-order valence-corrected chi connectivity index (χ3v) is 11.8. The van der Waals surface area contributed by atoms with E-state index in [1.165, 1.54) is 4.90 Å². The van der Waals surface area contributed by atoms with Crippen molar-refractivity contribution in [1.82, 2.24) is 5.06 Å². The van der Waals surface area contributed by atoms with Crippen LogP contribution < -0.4 is 9.47 Å². The molecule has 0 saturated carbocycles. The molecule has 3 aromatic rings. The molecule has 1 aromatic heterocycles. The van der Waals surface area contributed by atoms with Crippen LogP contribution in [0.4, 0.5) is 23.2 Å². The van der Waals surface area contributed by atoms with Crippen LogP contribution in [0.25, 0.3) is 17.0 Å². The Balaban J connectivity index is 1.45. The summed E-state index contributed by atoms with van der Waals surface area (Å²) in [6.45, 7) is 1.80. The Kier molecular flexibility index (Phi) is 14.1. The van der Waals surface area contributed by atoms with E-state index in [1.807, 2.05) is 29.0 Å². The summed E-state index contributed by atoms with van der Waals surface area (Å²) in [7, 11) is -8.70. The number of hydrogen-bond donors (Lipinski definition) is 1. The molecule has 2 aliphatic rings. The van der Waals surface area contributed by atoms with Crippen molar-refractivity contribution in [2.24, 2.45) is 0 Å². The molecule has 1 atom stereocenters. The second-order valence-electron chi connectivity index (χ2n) is 14.4. The Morgan fingerprint density at radius 3 is 2.28 bits per heavy atom. The van der Waals surface area contributed by atoms with E-state index in [2.05, 4.69) is 0 Å². The molecular weight excluding hydrogens is 811 g/mol. The highest BCUT2D eigenvalue weighted by Crippen LogP contribution is 2.54. The Hall–Kier alpha value is -4.72. The maximum Gasteiger partial charge on any atom is 0.333 e.